The van der Waals surface area contributed by atoms with Crippen LogP contribution in [0.25, 0.3) is 0 Å². The summed E-state index contributed by atoms with van der Waals surface area (Å²) >= 11 is 0. The molecule has 0 aliphatic heterocycles. The molecule has 3 nitrogen and oxygen atoms in total. The van der Waals surface area contributed by atoms with E-state index in [0.717, 1.165) is 17.6 Å². The maximum atomic E-state index is 8.57. The van der Waals surface area contributed by atoms with Crippen molar-refractivity contribution < 1.29 is 14.3 Å². The lowest BCUT2D eigenvalue weighted by Crippen LogP contribution is -2.43. The summed E-state index contributed by atoms with van der Waals surface area (Å²) in [6, 6.07) is 0. The lowest BCUT2D eigenvalue weighted by Gasteiger charge is -2.29. The van der Waals surface area contributed by atoms with Gasteiger partial charge in [0, 0.05) is 0 Å². The topological polar surface area (TPSA) is 29.5 Å². The first-order valence-electron chi connectivity index (χ1n) is 6.13. The second-order valence-electron chi connectivity index (χ2n) is 4.78. The number of rotatable bonds is 10. The van der Waals surface area contributed by atoms with Crippen molar-refractivity contribution in [3.05, 3.63) is 0 Å². The van der Waals surface area contributed by atoms with E-state index in [1.165, 1.54) is 32.2 Å². The van der Waals surface area contributed by atoms with Gasteiger partial charge in [0.25, 0.3) is 0 Å². The minimum atomic E-state index is 0.129. The summed E-state index contributed by atoms with van der Waals surface area (Å²) in [7, 11) is 4.49. The van der Waals surface area contributed by atoms with Gasteiger partial charge in [0.2, 0.25) is 0 Å². The Kier molecular flexibility index (Phi) is 9.06. The predicted molar refractivity (Wildman–Crippen MR) is 63.9 cm³/mol. The van der Waals surface area contributed by atoms with Gasteiger partial charge in [-0.3, -0.25) is 0 Å². The van der Waals surface area contributed by atoms with Crippen LogP contribution >= 0.6 is 0 Å². The summed E-state index contributed by atoms with van der Waals surface area (Å²) < 4.78 is 6.30. The molecule has 0 atom stereocenters. The monoisotopic (exact) mass is 218 g/mol. The Balaban J connectivity index is 3.40. The van der Waals surface area contributed by atoms with Crippen molar-refractivity contribution in [2.24, 2.45) is 0 Å². The Labute approximate surface area is 94.6 Å². The highest BCUT2D eigenvalue weighted by atomic mass is 16.5. The summed E-state index contributed by atoms with van der Waals surface area (Å²) in [6.07, 6.45) is 5.30. The van der Waals surface area contributed by atoms with E-state index < -0.39 is 0 Å². The largest absolute Gasteiger partial charge is 0.394 e. The van der Waals surface area contributed by atoms with Crippen LogP contribution in [0.4, 0.5) is 0 Å². The van der Waals surface area contributed by atoms with Gasteiger partial charge in [-0.05, 0) is 12.8 Å². The standard InChI is InChI=1S/C12H28NO2/c1-4-5-6-7-8-13(2,3)9-11-15-12-10-14/h14H,4-12H2,1-3H3/q+1. The number of quaternary nitrogens is 1. The molecule has 92 valence electrons. The van der Waals surface area contributed by atoms with Crippen LogP contribution in [0.5, 0.6) is 0 Å². The molecule has 15 heavy (non-hydrogen) atoms. The summed E-state index contributed by atoms with van der Waals surface area (Å²) in [4.78, 5) is 0. The molecule has 0 aromatic rings. The molecule has 0 saturated heterocycles. The quantitative estimate of drug-likeness (QED) is 0.446. The Morgan fingerprint density at radius 2 is 1.73 bits per heavy atom. The average molecular weight is 218 g/mol. The summed E-state index contributed by atoms with van der Waals surface area (Å²) in [5.41, 5.74) is 0. The Hall–Kier alpha value is -0.120. The van der Waals surface area contributed by atoms with Crippen LogP contribution in [-0.2, 0) is 4.74 Å². The maximum absolute atomic E-state index is 8.57. The molecule has 0 saturated carbocycles. The van der Waals surface area contributed by atoms with Crippen LogP contribution in [0.3, 0.4) is 0 Å². The Morgan fingerprint density at radius 1 is 1.00 bits per heavy atom. The van der Waals surface area contributed by atoms with Gasteiger partial charge in [-0.1, -0.05) is 19.8 Å². The normalized spacial score (nSPS) is 12.0. The molecular formula is C12H28NO2+. The fourth-order valence-electron chi connectivity index (χ4n) is 1.56. The Bertz CT molecular complexity index is 124. The number of ether oxygens (including phenoxy) is 1. The number of hydrogen-bond acceptors (Lipinski definition) is 2. The predicted octanol–water partition coefficient (Wildman–Crippen LogP) is 1.65. The van der Waals surface area contributed by atoms with Crippen molar-refractivity contribution in [3.8, 4) is 0 Å². The van der Waals surface area contributed by atoms with Crippen molar-refractivity contribution in [2.45, 2.75) is 32.6 Å². The zero-order chi connectivity index (χ0) is 11.6. The molecule has 0 radical (unpaired) electrons. The van der Waals surface area contributed by atoms with Crippen LogP contribution in [0.2, 0.25) is 0 Å². The van der Waals surface area contributed by atoms with Gasteiger partial charge in [0.1, 0.15) is 6.54 Å². The highest BCUT2D eigenvalue weighted by Gasteiger charge is 2.13. The first-order chi connectivity index (χ1) is 7.12. The number of unbranched alkanes of at least 4 members (excludes halogenated alkanes) is 3. The molecule has 0 aliphatic carbocycles. The Morgan fingerprint density at radius 3 is 2.33 bits per heavy atom. The second kappa shape index (κ2) is 9.13. The van der Waals surface area contributed by atoms with Gasteiger partial charge in [-0.2, -0.15) is 0 Å². The van der Waals surface area contributed by atoms with E-state index in [2.05, 4.69) is 21.0 Å². The summed E-state index contributed by atoms with van der Waals surface area (Å²) in [6.45, 7) is 5.85. The van der Waals surface area contributed by atoms with E-state index in [0.29, 0.717) is 6.61 Å². The van der Waals surface area contributed by atoms with Crippen LogP contribution in [0, 0.1) is 0 Å². The van der Waals surface area contributed by atoms with Gasteiger partial charge in [0.05, 0.1) is 40.5 Å². The van der Waals surface area contributed by atoms with Crippen LogP contribution in [-0.4, -0.2) is 56.6 Å². The van der Waals surface area contributed by atoms with Crippen molar-refractivity contribution in [3.63, 3.8) is 0 Å². The molecule has 0 fully saturated rings. The molecule has 0 aromatic heterocycles. The highest BCUT2D eigenvalue weighted by molar-refractivity contribution is 4.41. The fourth-order valence-corrected chi connectivity index (χ4v) is 1.56. The molecule has 0 aliphatic rings. The molecular weight excluding hydrogens is 190 g/mol. The van der Waals surface area contributed by atoms with E-state index in [4.69, 9.17) is 9.84 Å². The number of likely N-dealkylation sites (N-methyl/N-ethyl adjacent to an activating group) is 1. The zero-order valence-corrected chi connectivity index (χ0v) is 10.7. The number of aliphatic hydroxyl groups excluding tert-OH is 1. The summed E-state index contributed by atoms with van der Waals surface area (Å²) in [5, 5.41) is 8.57. The van der Waals surface area contributed by atoms with Gasteiger partial charge in [0.15, 0.2) is 0 Å². The van der Waals surface area contributed by atoms with E-state index >= 15 is 0 Å². The minimum absolute atomic E-state index is 0.129. The zero-order valence-electron chi connectivity index (χ0n) is 10.7. The molecule has 1 N–H and O–H groups in total. The van der Waals surface area contributed by atoms with E-state index in [9.17, 15) is 0 Å². The molecule has 0 spiro atoms. The number of nitrogens with zero attached hydrogens (tertiary/aromatic N) is 1. The lowest BCUT2D eigenvalue weighted by atomic mass is 10.2. The minimum Gasteiger partial charge on any atom is -0.394 e. The lowest BCUT2D eigenvalue weighted by molar-refractivity contribution is -0.891. The molecule has 0 rings (SSSR count). The maximum Gasteiger partial charge on any atom is 0.102 e. The molecule has 0 aromatic carbocycles. The third-order valence-electron chi connectivity index (χ3n) is 2.69. The summed E-state index contributed by atoms with van der Waals surface area (Å²) in [5.74, 6) is 0. The van der Waals surface area contributed by atoms with E-state index in [1.807, 2.05) is 0 Å². The SMILES string of the molecule is CCCCCC[N+](C)(C)CCOCCO. The van der Waals surface area contributed by atoms with E-state index in [-0.39, 0.29) is 6.61 Å². The van der Waals surface area contributed by atoms with Gasteiger partial charge in [-0.15, -0.1) is 0 Å². The molecule has 0 bridgehead atoms. The van der Waals surface area contributed by atoms with Gasteiger partial charge < -0.3 is 14.3 Å². The average Bonchev–Trinajstić information content (AvgIpc) is 2.20. The van der Waals surface area contributed by atoms with Gasteiger partial charge in [-0.25, -0.2) is 0 Å². The second-order valence-corrected chi connectivity index (χ2v) is 4.78. The first-order valence-corrected chi connectivity index (χ1v) is 6.13. The molecule has 0 heterocycles. The van der Waals surface area contributed by atoms with Crippen molar-refractivity contribution in [1.82, 2.24) is 0 Å². The molecule has 0 amide bonds. The number of aliphatic hydroxyl groups is 1. The van der Waals surface area contributed by atoms with Crippen LogP contribution in [0.1, 0.15) is 32.6 Å². The molecule has 0 unspecified atom stereocenters. The third-order valence-corrected chi connectivity index (χ3v) is 2.69. The van der Waals surface area contributed by atoms with E-state index in [1.54, 1.807) is 0 Å². The first kappa shape index (κ1) is 14.9. The molecule has 3 heteroatoms. The van der Waals surface area contributed by atoms with Crippen LogP contribution in [0.15, 0.2) is 0 Å². The number of hydrogen-bond donors (Lipinski definition) is 1. The highest BCUT2D eigenvalue weighted by Crippen LogP contribution is 2.05. The van der Waals surface area contributed by atoms with Gasteiger partial charge >= 0.3 is 0 Å². The van der Waals surface area contributed by atoms with Crippen molar-refractivity contribution in [2.75, 3.05) is 47.0 Å². The van der Waals surface area contributed by atoms with Crippen molar-refractivity contribution >= 4 is 0 Å². The smallest absolute Gasteiger partial charge is 0.102 e. The fraction of sp³-hybridized carbons (Fsp3) is 1.00. The van der Waals surface area contributed by atoms with Crippen molar-refractivity contribution in [1.29, 1.82) is 0 Å². The third kappa shape index (κ3) is 10.2. The van der Waals surface area contributed by atoms with Crippen LogP contribution < -0.4 is 0 Å².